The number of rotatable bonds is 9. The molecule has 3 rings (SSSR count). The zero-order valence-corrected chi connectivity index (χ0v) is 21.1. The van der Waals surface area contributed by atoms with Gasteiger partial charge < -0.3 is 5.32 Å². The first-order valence-corrected chi connectivity index (χ1v) is 12.3. The highest BCUT2D eigenvalue weighted by atomic mass is 32.2. The summed E-state index contributed by atoms with van der Waals surface area (Å²) >= 11 is 1.26. The van der Waals surface area contributed by atoms with Crippen LogP contribution < -0.4 is 10.9 Å². The predicted molar refractivity (Wildman–Crippen MR) is 138 cm³/mol. The van der Waals surface area contributed by atoms with Crippen LogP contribution in [0.3, 0.4) is 0 Å². The van der Waals surface area contributed by atoms with E-state index in [0.717, 1.165) is 0 Å². The van der Waals surface area contributed by atoms with Gasteiger partial charge in [-0.25, -0.2) is 4.98 Å². The van der Waals surface area contributed by atoms with Gasteiger partial charge in [0.25, 0.3) is 5.56 Å². The number of para-hydroxylation sites is 1. The Labute approximate surface area is 204 Å². The van der Waals surface area contributed by atoms with Crippen molar-refractivity contribution in [3.05, 3.63) is 64.4 Å². The lowest BCUT2D eigenvalue weighted by atomic mass is 10.2. The van der Waals surface area contributed by atoms with Crippen LogP contribution in [0.1, 0.15) is 40.2 Å². The van der Waals surface area contributed by atoms with E-state index in [2.05, 4.69) is 44.0 Å². The van der Waals surface area contributed by atoms with E-state index in [0.29, 0.717) is 52.5 Å². The molecule has 0 aliphatic heterocycles. The van der Waals surface area contributed by atoms with Gasteiger partial charge in [0, 0.05) is 30.9 Å². The fraction of sp³-hybridized carbons (Fsp3) is 0.385. The fourth-order valence-corrected chi connectivity index (χ4v) is 4.82. The second kappa shape index (κ2) is 11.3. The smallest absolute Gasteiger partial charge is 0.262 e. The van der Waals surface area contributed by atoms with Gasteiger partial charge in [-0.1, -0.05) is 30.0 Å². The molecule has 1 N–H and O–H groups in total. The third-order valence-corrected chi connectivity index (χ3v) is 6.74. The number of anilines is 1. The van der Waals surface area contributed by atoms with E-state index in [-0.39, 0.29) is 11.5 Å². The van der Waals surface area contributed by atoms with Crippen molar-refractivity contribution in [2.45, 2.75) is 63.7 Å². The zero-order chi connectivity index (χ0) is 24.8. The van der Waals surface area contributed by atoms with Gasteiger partial charge in [0.1, 0.15) is 0 Å². The van der Waals surface area contributed by atoms with Crippen LogP contribution in [-0.4, -0.2) is 44.2 Å². The van der Waals surface area contributed by atoms with Crippen LogP contribution in [0.15, 0.2) is 58.5 Å². The third-order valence-electron chi connectivity index (χ3n) is 5.65. The SMILES string of the molecule is CC(Sc1nc2ccccc2c(=O)n1CCN(C(C)C)C(C)C)C(=O)Nc1cccc(C#N)c1. The lowest BCUT2D eigenvalue weighted by Crippen LogP contribution is -2.40. The summed E-state index contributed by atoms with van der Waals surface area (Å²) in [6, 6.07) is 16.8. The summed E-state index contributed by atoms with van der Waals surface area (Å²) in [5, 5.41) is 12.5. The minimum atomic E-state index is -0.503. The van der Waals surface area contributed by atoms with Gasteiger partial charge in [0.05, 0.1) is 27.8 Å². The van der Waals surface area contributed by atoms with Crippen LogP contribution in [0.4, 0.5) is 5.69 Å². The van der Waals surface area contributed by atoms with Crippen molar-refractivity contribution in [1.29, 1.82) is 5.26 Å². The van der Waals surface area contributed by atoms with Gasteiger partial charge in [0.15, 0.2) is 5.16 Å². The lowest BCUT2D eigenvalue weighted by molar-refractivity contribution is -0.115. The second-order valence-corrected chi connectivity index (χ2v) is 10.0. The molecule has 178 valence electrons. The Bertz CT molecular complexity index is 1250. The molecule has 1 atom stereocenters. The largest absolute Gasteiger partial charge is 0.325 e. The molecule has 0 aliphatic rings. The molecule has 34 heavy (non-hydrogen) atoms. The van der Waals surface area contributed by atoms with Crippen molar-refractivity contribution in [3.63, 3.8) is 0 Å². The Hall–Kier alpha value is -3.15. The van der Waals surface area contributed by atoms with Gasteiger partial charge in [-0.2, -0.15) is 5.26 Å². The molecular weight excluding hydrogens is 446 g/mol. The molecule has 1 unspecified atom stereocenters. The maximum atomic E-state index is 13.4. The standard InChI is InChI=1S/C26H31N5O2S/c1-17(2)30(18(3)4)13-14-31-25(33)22-11-6-7-12-23(22)29-26(31)34-19(5)24(32)28-21-10-8-9-20(15-21)16-27/h6-12,15,17-19H,13-14H2,1-5H3,(H,28,32). The molecule has 2 aromatic carbocycles. The summed E-state index contributed by atoms with van der Waals surface area (Å²) in [6.07, 6.45) is 0. The van der Waals surface area contributed by atoms with Crippen LogP contribution in [0.2, 0.25) is 0 Å². The number of benzene rings is 2. The topological polar surface area (TPSA) is 91.0 Å². The molecule has 3 aromatic rings. The lowest BCUT2D eigenvalue weighted by Gasteiger charge is -2.31. The molecule has 0 fully saturated rings. The maximum Gasteiger partial charge on any atom is 0.262 e. The number of nitrogens with zero attached hydrogens (tertiary/aromatic N) is 4. The molecule has 1 aromatic heterocycles. The molecule has 0 bridgehead atoms. The van der Waals surface area contributed by atoms with Gasteiger partial charge in [-0.05, 0) is 65.0 Å². The van der Waals surface area contributed by atoms with E-state index in [1.54, 1.807) is 41.8 Å². The number of nitrogens with one attached hydrogen (secondary N) is 1. The van der Waals surface area contributed by atoms with E-state index in [1.807, 2.05) is 18.2 Å². The van der Waals surface area contributed by atoms with Crippen molar-refractivity contribution in [2.24, 2.45) is 0 Å². The Balaban J connectivity index is 1.88. The molecule has 0 saturated heterocycles. The zero-order valence-electron chi connectivity index (χ0n) is 20.3. The Morgan fingerprint density at radius 1 is 1.12 bits per heavy atom. The van der Waals surface area contributed by atoms with Crippen LogP contribution >= 0.6 is 11.8 Å². The first-order chi connectivity index (χ1) is 16.2. The molecule has 0 saturated carbocycles. The molecule has 1 heterocycles. The van der Waals surface area contributed by atoms with Crippen LogP contribution in [-0.2, 0) is 11.3 Å². The van der Waals surface area contributed by atoms with E-state index < -0.39 is 5.25 Å². The second-order valence-electron chi connectivity index (χ2n) is 8.74. The number of carbonyl (C=O) groups excluding carboxylic acids is 1. The number of amides is 1. The Morgan fingerprint density at radius 3 is 2.50 bits per heavy atom. The summed E-state index contributed by atoms with van der Waals surface area (Å²) < 4.78 is 1.69. The Morgan fingerprint density at radius 2 is 1.82 bits per heavy atom. The number of hydrogen-bond acceptors (Lipinski definition) is 6. The normalized spacial score (nSPS) is 12.3. The average molecular weight is 478 g/mol. The number of aromatic nitrogens is 2. The molecule has 7 nitrogen and oxygen atoms in total. The third kappa shape index (κ3) is 6.04. The van der Waals surface area contributed by atoms with Crippen LogP contribution in [0, 0.1) is 11.3 Å². The molecule has 1 amide bonds. The monoisotopic (exact) mass is 477 g/mol. The van der Waals surface area contributed by atoms with E-state index >= 15 is 0 Å². The highest BCUT2D eigenvalue weighted by molar-refractivity contribution is 8.00. The number of thioether (sulfide) groups is 1. The van der Waals surface area contributed by atoms with E-state index in [9.17, 15) is 9.59 Å². The first-order valence-electron chi connectivity index (χ1n) is 11.4. The molecular formula is C26H31N5O2S. The summed E-state index contributed by atoms with van der Waals surface area (Å²) in [6.45, 7) is 11.5. The molecule has 0 radical (unpaired) electrons. The van der Waals surface area contributed by atoms with Gasteiger partial charge >= 0.3 is 0 Å². The van der Waals surface area contributed by atoms with Crippen molar-refractivity contribution in [3.8, 4) is 6.07 Å². The highest BCUT2D eigenvalue weighted by Gasteiger charge is 2.21. The van der Waals surface area contributed by atoms with Crippen LogP contribution in [0.25, 0.3) is 10.9 Å². The van der Waals surface area contributed by atoms with Gasteiger partial charge in [-0.15, -0.1) is 0 Å². The number of carbonyl (C=O) groups is 1. The van der Waals surface area contributed by atoms with E-state index in [4.69, 9.17) is 10.2 Å². The van der Waals surface area contributed by atoms with E-state index in [1.165, 1.54) is 11.8 Å². The minimum Gasteiger partial charge on any atom is -0.325 e. The van der Waals surface area contributed by atoms with Gasteiger partial charge in [0.2, 0.25) is 5.91 Å². The quantitative estimate of drug-likeness (QED) is 0.360. The van der Waals surface area contributed by atoms with Crippen LogP contribution in [0.5, 0.6) is 0 Å². The molecule has 0 spiro atoms. The molecule has 8 heteroatoms. The summed E-state index contributed by atoms with van der Waals surface area (Å²) in [4.78, 5) is 33.3. The molecule has 0 aliphatic carbocycles. The summed E-state index contributed by atoms with van der Waals surface area (Å²) in [7, 11) is 0. The number of fused-ring (bicyclic) bond motifs is 1. The maximum absolute atomic E-state index is 13.4. The van der Waals surface area contributed by atoms with Gasteiger partial charge in [-0.3, -0.25) is 19.1 Å². The number of hydrogen-bond donors (Lipinski definition) is 1. The highest BCUT2D eigenvalue weighted by Crippen LogP contribution is 2.24. The van der Waals surface area contributed by atoms with Crippen molar-refractivity contribution in [2.75, 3.05) is 11.9 Å². The first kappa shape index (κ1) is 25.5. The fourth-order valence-electron chi connectivity index (χ4n) is 3.88. The summed E-state index contributed by atoms with van der Waals surface area (Å²) in [5.41, 5.74) is 1.55. The summed E-state index contributed by atoms with van der Waals surface area (Å²) in [5.74, 6) is -0.222. The predicted octanol–water partition coefficient (Wildman–Crippen LogP) is 4.51. The van der Waals surface area contributed by atoms with Crippen molar-refractivity contribution < 1.29 is 4.79 Å². The minimum absolute atomic E-state index is 0.102. The number of nitriles is 1. The average Bonchev–Trinajstić information content (AvgIpc) is 2.80. The Kier molecular flexibility index (Phi) is 8.48. The van der Waals surface area contributed by atoms with Crippen molar-refractivity contribution in [1.82, 2.24) is 14.5 Å². The van der Waals surface area contributed by atoms with Crippen molar-refractivity contribution >= 4 is 34.3 Å².